The summed E-state index contributed by atoms with van der Waals surface area (Å²) in [6, 6.07) is 8.34. The minimum absolute atomic E-state index is 0.0188. The van der Waals surface area contributed by atoms with Gasteiger partial charge in [0.05, 0.1) is 24.9 Å². The molecule has 0 aliphatic rings. The fourth-order valence-corrected chi connectivity index (χ4v) is 6.76. The number of esters is 1. The zero-order chi connectivity index (χ0) is 32.9. The van der Waals surface area contributed by atoms with Crippen molar-refractivity contribution in [1.29, 1.82) is 0 Å². The van der Waals surface area contributed by atoms with Crippen LogP contribution in [0.2, 0.25) is 36.3 Å². The van der Waals surface area contributed by atoms with Crippen molar-refractivity contribution in [3.05, 3.63) is 47.5 Å². The molecule has 3 unspecified atom stereocenters. The Kier molecular flexibility index (Phi) is 16.4. The first kappa shape index (κ1) is 39.5. The fourth-order valence-electron chi connectivity index (χ4n) is 4.13. The number of benzene rings is 1. The van der Waals surface area contributed by atoms with Gasteiger partial charge in [-0.15, -0.1) is 0 Å². The van der Waals surface area contributed by atoms with Crippen LogP contribution >= 0.6 is 0 Å². The first-order chi connectivity index (χ1) is 19.8. The molecule has 0 aliphatic heterocycles. The van der Waals surface area contributed by atoms with Crippen LogP contribution in [0, 0.1) is 0 Å². The van der Waals surface area contributed by atoms with Gasteiger partial charge in [0.1, 0.15) is 0 Å². The molecule has 246 valence electrons. The van der Waals surface area contributed by atoms with Crippen LogP contribution in [0.25, 0.3) is 12.2 Å². The second kappa shape index (κ2) is 17.8. The van der Waals surface area contributed by atoms with Crippen LogP contribution in [0.1, 0.15) is 111 Å². The largest absolute Gasteiger partial charge is 0.466 e. The molecule has 0 aliphatic carbocycles. The number of ether oxygens (including phenoxy) is 1. The minimum Gasteiger partial charge on any atom is -0.466 e. The summed E-state index contributed by atoms with van der Waals surface area (Å²) in [7, 11) is -4.08. The number of aliphatic hydroxyl groups excluding tert-OH is 1. The van der Waals surface area contributed by atoms with Gasteiger partial charge in [-0.05, 0) is 73.6 Å². The summed E-state index contributed by atoms with van der Waals surface area (Å²) in [4.78, 5) is 11.5. The summed E-state index contributed by atoms with van der Waals surface area (Å²) in [5.74, 6) is -0.210. The number of hydrogen-bond acceptors (Lipinski definition) is 5. The van der Waals surface area contributed by atoms with Gasteiger partial charge in [-0.25, -0.2) is 0 Å². The number of aliphatic hydroxyl groups is 1. The monoisotopic (exact) mass is 632 g/mol. The van der Waals surface area contributed by atoms with E-state index in [9.17, 15) is 9.90 Å². The standard InChI is InChI=1S/C36H64O5Si2/c1-13-15-16-19-32(40-42(9,10)35(3,4)5)33(41-43(11,12)36(6,7)8)28-26-30-23-21-29(22-24-30)25-27-31(37)18-17-20-34(38)39-14-2/h21-28,31-33,37H,13-20H2,1-12H3/b27-25+,28-26+. The lowest BCUT2D eigenvalue weighted by Gasteiger charge is -2.44. The first-order valence-corrected chi connectivity index (χ1v) is 22.3. The van der Waals surface area contributed by atoms with Crippen molar-refractivity contribution in [3.63, 3.8) is 0 Å². The van der Waals surface area contributed by atoms with Crippen molar-refractivity contribution in [3.8, 4) is 0 Å². The number of unbranched alkanes of at least 4 members (excludes halogenated alkanes) is 2. The molecular weight excluding hydrogens is 569 g/mol. The molecule has 0 saturated carbocycles. The number of carbonyl (C=O) groups excluding carboxylic acids is 1. The normalized spacial score (nSPS) is 15.7. The third kappa shape index (κ3) is 14.4. The summed E-state index contributed by atoms with van der Waals surface area (Å²) in [5, 5.41) is 10.5. The van der Waals surface area contributed by atoms with E-state index in [0.29, 0.717) is 25.9 Å². The van der Waals surface area contributed by atoms with Gasteiger partial charge in [0.15, 0.2) is 16.6 Å². The highest BCUT2D eigenvalue weighted by Gasteiger charge is 2.44. The van der Waals surface area contributed by atoms with E-state index in [-0.39, 0.29) is 28.3 Å². The maximum Gasteiger partial charge on any atom is 0.305 e. The molecule has 0 heterocycles. The third-order valence-electron chi connectivity index (χ3n) is 9.06. The van der Waals surface area contributed by atoms with E-state index in [1.54, 1.807) is 13.0 Å². The zero-order valence-electron chi connectivity index (χ0n) is 29.6. The predicted molar refractivity (Wildman–Crippen MR) is 189 cm³/mol. The van der Waals surface area contributed by atoms with E-state index >= 15 is 0 Å². The highest BCUT2D eigenvalue weighted by molar-refractivity contribution is 6.74. The van der Waals surface area contributed by atoms with E-state index in [1.807, 2.05) is 6.08 Å². The highest BCUT2D eigenvalue weighted by atomic mass is 28.4. The van der Waals surface area contributed by atoms with Crippen LogP contribution in [0.3, 0.4) is 0 Å². The van der Waals surface area contributed by atoms with Crippen LogP contribution in [-0.2, 0) is 18.4 Å². The SMILES string of the molecule is CCCCCC(O[Si](C)(C)C(C)(C)C)C(/C=C/c1ccc(/C=C/C(O)CCCC(=O)OCC)cc1)O[Si](C)(C)C(C)(C)C. The maximum absolute atomic E-state index is 11.5. The van der Waals surface area contributed by atoms with Gasteiger partial charge in [-0.1, -0.05) is 116 Å². The second-order valence-corrected chi connectivity index (χ2v) is 24.4. The van der Waals surface area contributed by atoms with Crippen molar-refractivity contribution in [1.82, 2.24) is 0 Å². The quantitative estimate of drug-likeness (QED) is 0.0991. The molecule has 0 saturated heterocycles. The van der Waals surface area contributed by atoms with Crippen molar-refractivity contribution < 1.29 is 23.5 Å². The number of carbonyl (C=O) groups is 1. The molecule has 7 heteroatoms. The first-order valence-electron chi connectivity index (χ1n) is 16.5. The molecule has 0 fully saturated rings. The molecule has 0 aromatic heterocycles. The average molecular weight is 633 g/mol. The van der Waals surface area contributed by atoms with E-state index in [4.69, 9.17) is 13.6 Å². The highest BCUT2D eigenvalue weighted by Crippen LogP contribution is 2.41. The van der Waals surface area contributed by atoms with E-state index in [1.165, 1.54) is 12.8 Å². The summed E-state index contributed by atoms with van der Waals surface area (Å²) in [6.07, 6.45) is 13.4. The molecular formula is C36H64O5Si2. The summed E-state index contributed by atoms with van der Waals surface area (Å²) in [6.45, 7) is 27.6. The Morgan fingerprint density at radius 1 is 0.791 bits per heavy atom. The van der Waals surface area contributed by atoms with Gasteiger partial charge in [-0.2, -0.15) is 0 Å². The smallest absolute Gasteiger partial charge is 0.305 e. The molecule has 0 amide bonds. The second-order valence-electron chi connectivity index (χ2n) is 14.9. The average Bonchev–Trinajstić information content (AvgIpc) is 2.88. The van der Waals surface area contributed by atoms with E-state index < -0.39 is 22.7 Å². The molecule has 1 N–H and O–H groups in total. The van der Waals surface area contributed by atoms with Gasteiger partial charge < -0.3 is 18.7 Å². The lowest BCUT2D eigenvalue weighted by atomic mass is 10.0. The van der Waals surface area contributed by atoms with Crippen molar-refractivity contribution >= 4 is 34.8 Å². The molecule has 0 spiro atoms. The molecule has 1 rings (SSSR count). The minimum atomic E-state index is -2.06. The number of rotatable bonds is 18. The summed E-state index contributed by atoms with van der Waals surface area (Å²) in [5.41, 5.74) is 2.13. The van der Waals surface area contributed by atoms with Crippen molar-refractivity contribution in [2.45, 2.75) is 155 Å². The number of hydrogen-bond donors (Lipinski definition) is 1. The van der Waals surface area contributed by atoms with Crippen molar-refractivity contribution in [2.24, 2.45) is 0 Å². The fraction of sp³-hybridized carbons (Fsp3) is 0.694. The van der Waals surface area contributed by atoms with Crippen LogP contribution in [0.5, 0.6) is 0 Å². The van der Waals surface area contributed by atoms with Gasteiger partial charge in [0.2, 0.25) is 0 Å². The Morgan fingerprint density at radius 2 is 1.30 bits per heavy atom. The molecule has 0 bridgehead atoms. The Hall–Kier alpha value is -1.52. The Bertz CT molecular complexity index is 1000. The van der Waals surface area contributed by atoms with Gasteiger partial charge in [0.25, 0.3) is 0 Å². The van der Waals surface area contributed by atoms with Crippen LogP contribution < -0.4 is 0 Å². The predicted octanol–water partition coefficient (Wildman–Crippen LogP) is 10.2. The summed E-state index contributed by atoms with van der Waals surface area (Å²) < 4.78 is 19.2. The Labute approximate surface area is 266 Å². The molecule has 0 radical (unpaired) electrons. The molecule has 3 atom stereocenters. The maximum atomic E-state index is 11.5. The van der Waals surface area contributed by atoms with Crippen molar-refractivity contribution in [2.75, 3.05) is 6.61 Å². The van der Waals surface area contributed by atoms with Gasteiger partial charge >= 0.3 is 5.97 Å². The van der Waals surface area contributed by atoms with Gasteiger partial charge in [-0.3, -0.25) is 4.79 Å². The van der Waals surface area contributed by atoms with E-state index in [2.05, 4.69) is 111 Å². The third-order valence-corrected chi connectivity index (χ3v) is 18.0. The lowest BCUT2D eigenvalue weighted by molar-refractivity contribution is -0.143. The van der Waals surface area contributed by atoms with Crippen LogP contribution in [0.15, 0.2) is 36.4 Å². The lowest BCUT2D eigenvalue weighted by Crippen LogP contribution is -2.51. The summed E-state index contributed by atoms with van der Waals surface area (Å²) >= 11 is 0. The van der Waals surface area contributed by atoms with Gasteiger partial charge in [0, 0.05) is 6.42 Å². The topological polar surface area (TPSA) is 65.0 Å². The Balaban J connectivity index is 3.16. The molecule has 1 aromatic carbocycles. The van der Waals surface area contributed by atoms with Crippen LogP contribution in [0.4, 0.5) is 0 Å². The Morgan fingerprint density at radius 3 is 1.79 bits per heavy atom. The van der Waals surface area contributed by atoms with E-state index in [0.717, 1.165) is 24.0 Å². The zero-order valence-corrected chi connectivity index (χ0v) is 31.6. The molecule has 43 heavy (non-hydrogen) atoms. The van der Waals surface area contributed by atoms with Crippen LogP contribution in [-0.4, -0.2) is 52.6 Å². The molecule has 1 aromatic rings. The molecule has 5 nitrogen and oxygen atoms in total.